The summed E-state index contributed by atoms with van der Waals surface area (Å²) in [6.07, 6.45) is 0.653. The SMILES string of the molecule is CCOC(=O)N1CCC(NC(=O)CC(=O)NCc2ccc(F)cc2)CC1. The van der Waals surface area contributed by atoms with Crippen molar-refractivity contribution in [2.75, 3.05) is 19.7 Å². The first kappa shape index (κ1) is 19.7. The number of ether oxygens (including phenoxy) is 1. The second kappa shape index (κ2) is 9.74. The van der Waals surface area contributed by atoms with Crippen molar-refractivity contribution in [3.63, 3.8) is 0 Å². The van der Waals surface area contributed by atoms with Crippen LogP contribution in [0.3, 0.4) is 0 Å². The standard InChI is InChI=1S/C18H24FN3O4/c1-2-26-18(25)22-9-7-15(8-10-22)21-17(24)11-16(23)20-12-13-3-5-14(19)6-4-13/h3-6,15H,2,7-12H2,1H3,(H,20,23)(H,21,24). The number of hydrogen-bond acceptors (Lipinski definition) is 4. The molecule has 142 valence electrons. The monoisotopic (exact) mass is 365 g/mol. The van der Waals surface area contributed by atoms with Gasteiger partial charge in [0.05, 0.1) is 6.61 Å². The Labute approximate surface area is 151 Å². The number of carbonyl (C=O) groups is 3. The van der Waals surface area contributed by atoms with Crippen molar-refractivity contribution in [1.29, 1.82) is 0 Å². The van der Waals surface area contributed by atoms with Crippen LogP contribution in [0.5, 0.6) is 0 Å². The van der Waals surface area contributed by atoms with E-state index in [4.69, 9.17) is 4.74 Å². The third kappa shape index (κ3) is 6.34. The second-order valence-corrected chi connectivity index (χ2v) is 6.11. The summed E-state index contributed by atoms with van der Waals surface area (Å²) >= 11 is 0. The number of nitrogens with zero attached hydrogens (tertiary/aromatic N) is 1. The Bertz CT molecular complexity index is 628. The third-order valence-corrected chi connectivity index (χ3v) is 4.11. The van der Waals surface area contributed by atoms with Gasteiger partial charge in [-0.3, -0.25) is 9.59 Å². The lowest BCUT2D eigenvalue weighted by molar-refractivity contribution is -0.129. The first-order valence-corrected chi connectivity index (χ1v) is 8.70. The van der Waals surface area contributed by atoms with Gasteiger partial charge in [-0.15, -0.1) is 0 Å². The van der Waals surface area contributed by atoms with Gasteiger partial charge in [0, 0.05) is 25.7 Å². The number of nitrogens with one attached hydrogen (secondary N) is 2. The van der Waals surface area contributed by atoms with Gasteiger partial charge in [0.25, 0.3) is 0 Å². The summed E-state index contributed by atoms with van der Waals surface area (Å²) in [5, 5.41) is 5.45. The fourth-order valence-corrected chi connectivity index (χ4v) is 2.71. The molecule has 1 aromatic rings. The Morgan fingerprint density at radius 1 is 1.15 bits per heavy atom. The number of piperidine rings is 1. The van der Waals surface area contributed by atoms with Crippen LogP contribution in [-0.4, -0.2) is 48.5 Å². The largest absolute Gasteiger partial charge is 0.450 e. The molecule has 2 rings (SSSR count). The van der Waals surface area contributed by atoms with E-state index in [-0.39, 0.29) is 36.8 Å². The van der Waals surface area contributed by atoms with E-state index in [2.05, 4.69) is 10.6 Å². The van der Waals surface area contributed by atoms with Crippen LogP contribution < -0.4 is 10.6 Å². The maximum absolute atomic E-state index is 12.8. The summed E-state index contributed by atoms with van der Waals surface area (Å²) < 4.78 is 17.8. The maximum atomic E-state index is 12.8. The zero-order valence-corrected chi connectivity index (χ0v) is 14.8. The van der Waals surface area contributed by atoms with Crippen LogP contribution in [-0.2, 0) is 20.9 Å². The summed E-state index contributed by atoms with van der Waals surface area (Å²) in [7, 11) is 0. The van der Waals surface area contributed by atoms with E-state index in [0.717, 1.165) is 5.56 Å². The number of halogens is 1. The topological polar surface area (TPSA) is 87.7 Å². The minimum atomic E-state index is -0.393. The molecule has 26 heavy (non-hydrogen) atoms. The van der Waals surface area contributed by atoms with E-state index in [0.29, 0.717) is 32.5 Å². The van der Waals surface area contributed by atoms with Crippen molar-refractivity contribution in [2.24, 2.45) is 0 Å². The molecule has 0 radical (unpaired) electrons. The van der Waals surface area contributed by atoms with Crippen LogP contribution in [0.25, 0.3) is 0 Å². The molecular weight excluding hydrogens is 341 g/mol. The molecule has 1 aromatic carbocycles. The van der Waals surface area contributed by atoms with Crippen LogP contribution in [0.15, 0.2) is 24.3 Å². The predicted molar refractivity (Wildman–Crippen MR) is 92.6 cm³/mol. The van der Waals surface area contributed by atoms with E-state index < -0.39 is 5.91 Å². The highest BCUT2D eigenvalue weighted by atomic mass is 19.1. The highest BCUT2D eigenvalue weighted by molar-refractivity contribution is 5.96. The van der Waals surface area contributed by atoms with Gasteiger partial charge < -0.3 is 20.3 Å². The maximum Gasteiger partial charge on any atom is 0.409 e. The van der Waals surface area contributed by atoms with Gasteiger partial charge >= 0.3 is 6.09 Å². The fourth-order valence-electron chi connectivity index (χ4n) is 2.71. The second-order valence-electron chi connectivity index (χ2n) is 6.11. The molecule has 1 aliphatic heterocycles. The predicted octanol–water partition coefficient (Wildman–Crippen LogP) is 1.57. The highest BCUT2D eigenvalue weighted by Crippen LogP contribution is 2.11. The molecule has 3 amide bonds. The highest BCUT2D eigenvalue weighted by Gasteiger charge is 2.24. The van der Waals surface area contributed by atoms with E-state index >= 15 is 0 Å². The average molecular weight is 365 g/mol. The molecule has 0 spiro atoms. The lowest BCUT2D eigenvalue weighted by Crippen LogP contribution is -2.47. The average Bonchev–Trinajstić information content (AvgIpc) is 2.62. The van der Waals surface area contributed by atoms with Crippen LogP contribution in [0, 0.1) is 5.82 Å². The van der Waals surface area contributed by atoms with Crippen molar-refractivity contribution in [3.8, 4) is 0 Å². The van der Waals surface area contributed by atoms with Gasteiger partial charge in [0.2, 0.25) is 11.8 Å². The summed E-state index contributed by atoms with van der Waals surface area (Å²) in [5.41, 5.74) is 0.756. The van der Waals surface area contributed by atoms with Crippen LogP contribution in [0.1, 0.15) is 31.7 Å². The molecule has 0 unspecified atom stereocenters. The zero-order chi connectivity index (χ0) is 18.9. The van der Waals surface area contributed by atoms with E-state index in [1.54, 1.807) is 24.0 Å². The van der Waals surface area contributed by atoms with E-state index in [9.17, 15) is 18.8 Å². The van der Waals surface area contributed by atoms with Crippen molar-refractivity contribution >= 4 is 17.9 Å². The first-order chi connectivity index (χ1) is 12.5. The molecule has 0 aromatic heterocycles. The Kier molecular flexibility index (Phi) is 7.37. The summed E-state index contributed by atoms with van der Waals surface area (Å²) in [4.78, 5) is 37.0. The summed E-state index contributed by atoms with van der Waals surface area (Å²) in [6, 6.07) is 5.73. The van der Waals surface area contributed by atoms with E-state index in [1.165, 1.54) is 12.1 Å². The molecular formula is C18H24FN3O4. The Balaban J connectivity index is 1.66. The molecule has 1 heterocycles. The normalized spacial score (nSPS) is 14.6. The first-order valence-electron chi connectivity index (χ1n) is 8.70. The van der Waals surface area contributed by atoms with Gasteiger partial charge in [-0.2, -0.15) is 0 Å². The van der Waals surface area contributed by atoms with Gasteiger partial charge in [-0.25, -0.2) is 9.18 Å². The number of hydrogen-bond donors (Lipinski definition) is 2. The quantitative estimate of drug-likeness (QED) is 0.749. The molecule has 1 aliphatic rings. The van der Waals surface area contributed by atoms with Crippen molar-refractivity contribution in [2.45, 2.75) is 38.8 Å². The molecule has 0 saturated carbocycles. The van der Waals surface area contributed by atoms with Gasteiger partial charge in [0.1, 0.15) is 12.2 Å². The summed E-state index contributed by atoms with van der Waals surface area (Å²) in [6.45, 7) is 3.36. The van der Waals surface area contributed by atoms with Crippen molar-refractivity contribution in [3.05, 3.63) is 35.6 Å². The van der Waals surface area contributed by atoms with Gasteiger partial charge in [0.15, 0.2) is 0 Å². The Morgan fingerprint density at radius 2 is 1.81 bits per heavy atom. The molecule has 7 nitrogen and oxygen atoms in total. The summed E-state index contributed by atoms with van der Waals surface area (Å²) in [5.74, 6) is -1.08. The minimum Gasteiger partial charge on any atom is -0.450 e. The Hall–Kier alpha value is -2.64. The number of amides is 3. The smallest absolute Gasteiger partial charge is 0.409 e. The van der Waals surface area contributed by atoms with Crippen LogP contribution >= 0.6 is 0 Å². The fraction of sp³-hybridized carbons (Fsp3) is 0.500. The molecule has 8 heteroatoms. The number of carbonyl (C=O) groups excluding carboxylic acids is 3. The minimum absolute atomic E-state index is 0.0573. The van der Waals surface area contributed by atoms with E-state index in [1.807, 2.05) is 0 Å². The lowest BCUT2D eigenvalue weighted by atomic mass is 10.1. The van der Waals surface area contributed by atoms with Crippen LogP contribution in [0.4, 0.5) is 9.18 Å². The number of benzene rings is 1. The van der Waals surface area contributed by atoms with Crippen molar-refractivity contribution < 1.29 is 23.5 Å². The molecule has 0 bridgehead atoms. The molecule has 0 atom stereocenters. The van der Waals surface area contributed by atoms with Gasteiger partial charge in [-0.1, -0.05) is 12.1 Å². The molecule has 1 saturated heterocycles. The number of likely N-dealkylation sites (tertiary alicyclic amines) is 1. The van der Waals surface area contributed by atoms with Crippen LogP contribution in [0.2, 0.25) is 0 Å². The molecule has 2 N–H and O–H groups in total. The Morgan fingerprint density at radius 3 is 2.42 bits per heavy atom. The molecule has 0 aliphatic carbocycles. The van der Waals surface area contributed by atoms with Gasteiger partial charge in [-0.05, 0) is 37.5 Å². The van der Waals surface area contributed by atoms with Crippen molar-refractivity contribution in [1.82, 2.24) is 15.5 Å². The number of rotatable bonds is 6. The zero-order valence-electron chi connectivity index (χ0n) is 14.8. The molecule has 1 fully saturated rings. The third-order valence-electron chi connectivity index (χ3n) is 4.11. The lowest BCUT2D eigenvalue weighted by Gasteiger charge is -2.31.